The summed E-state index contributed by atoms with van der Waals surface area (Å²) in [6.45, 7) is 0.999. The van der Waals surface area contributed by atoms with Crippen LogP contribution in [-0.4, -0.2) is 33.7 Å². The zero-order valence-corrected chi connectivity index (χ0v) is 12.9. The lowest BCUT2D eigenvalue weighted by Crippen LogP contribution is -2.38. The Bertz CT molecular complexity index is 858. The van der Waals surface area contributed by atoms with Crippen molar-refractivity contribution in [3.05, 3.63) is 50.0 Å². The van der Waals surface area contributed by atoms with Gasteiger partial charge >= 0.3 is 5.69 Å². The number of nitrogens with zero attached hydrogens (tertiary/aromatic N) is 3. The third-order valence-electron chi connectivity index (χ3n) is 3.49. The number of hydrogen-bond acceptors (Lipinski definition) is 5. The highest BCUT2D eigenvalue weighted by Crippen LogP contribution is 2.30. The quantitative estimate of drug-likeness (QED) is 0.829. The molecular weight excluding hydrogens is 329 g/mol. The summed E-state index contributed by atoms with van der Waals surface area (Å²) in [5.74, 6) is -0.528. The summed E-state index contributed by atoms with van der Waals surface area (Å²) >= 11 is 5.99. The third kappa shape index (κ3) is 2.99. The van der Waals surface area contributed by atoms with E-state index in [1.54, 1.807) is 0 Å². The molecular formula is C14H13ClFN3O4. The molecule has 1 aromatic heterocycles. The summed E-state index contributed by atoms with van der Waals surface area (Å²) in [6.07, 6.45) is 1.44. The van der Waals surface area contributed by atoms with Gasteiger partial charge in [0.1, 0.15) is 23.7 Å². The Balaban J connectivity index is 2.07. The number of benzene rings is 1. The lowest BCUT2D eigenvalue weighted by molar-refractivity contribution is 0.141. The van der Waals surface area contributed by atoms with Crippen molar-refractivity contribution in [1.29, 1.82) is 0 Å². The zero-order chi connectivity index (χ0) is 16.6. The van der Waals surface area contributed by atoms with Crippen molar-refractivity contribution < 1.29 is 13.9 Å². The van der Waals surface area contributed by atoms with Crippen LogP contribution in [0, 0.1) is 5.82 Å². The van der Waals surface area contributed by atoms with Crippen molar-refractivity contribution >= 4 is 11.6 Å². The Morgan fingerprint density at radius 2 is 2.22 bits per heavy atom. The van der Waals surface area contributed by atoms with Crippen molar-refractivity contribution in [3.63, 3.8) is 0 Å². The molecule has 0 N–H and O–H groups in total. The van der Waals surface area contributed by atoms with Crippen LogP contribution < -0.4 is 16.0 Å². The highest BCUT2D eigenvalue weighted by Gasteiger charge is 2.21. The minimum absolute atomic E-state index is 0.0796. The molecule has 2 aromatic rings. The van der Waals surface area contributed by atoms with E-state index in [4.69, 9.17) is 21.1 Å². The molecule has 0 saturated carbocycles. The van der Waals surface area contributed by atoms with Gasteiger partial charge in [-0.3, -0.25) is 9.36 Å². The maximum Gasteiger partial charge on any atom is 0.352 e. The van der Waals surface area contributed by atoms with Crippen LogP contribution in [0.15, 0.2) is 27.9 Å². The summed E-state index contributed by atoms with van der Waals surface area (Å²) in [5, 5.41) is 3.76. The molecule has 0 aliphatic carbocycles. The molecule has 3 rings (SSSR count). The molecule has 0 bridgehead atoms. The fourth-order valence-electron chi connectivity index (χ4n) is 2.20. The second-order valence-corrected chi connectivity index (χ2v) is 5.48. The summed E-state index contributed by atoms with van der Waals surface area (Å²) in [4.78, 5) is 23.5. The first-order valence-electron chi connectivity index (χ1n) is 6.86. The molecule has 7 nitrogen and oxygen atoms in total. The fraction of sp³-hybridized carbons (Fsp3) is 0.357. The van der Waals surface area contributed by atoms with E-state index in [2.05, 4.69) is 5.10 Å². The van der Waals surface area contributed by atoms with E-state index in [1.807, 2.05) is 0 Å². The van der Waals surface area contributed by atoms with Gasteiger partial charge < -0.3 is 9.47 Å². The molecule has 1 atom stereocenters. The van der Waals surface area contributed by atoms with Crippen LogP contribution >= 0.6 is 11.6 Å². The lowest BCUT2D eigenvalue weighted by atomic mass is 10.2. The topological polar surface area (TPSA) is 75.3 Å². The van der Waals surface area contributed by atoms with Crippen LogP contribution in [0.4, 0.5) is 4.39 Å². The monoisotopic (exact) mass is 341 g/mol. The highest BCUT2D eigenvalue weighted by molar-refractivity contribution is 6.32. The molecule has 1 unspecified atom stereocenters. The largest absolute Gasteiger partial charge is 0.486 e. The van der Waals surface area contributed by atoms with E-state index in [9.17, 15) is 14.0 Å². The van der Waals surface area contributed by atoms with Crippen LogP contribution in [0.5, 0.6) is 5.75 Å². The summed E-state index contributed by atoms with van der Waals surface area (Å²) in [5.41, 5.74) is -1.50. The smallest absolute Gasteiger partial charge is 0.352 e. The Kier molecular flexibility index (Phi) is 4.18. The van der Waals surface area contributed by atoms with Crippen molar-refractivity contribution in [1.82, 2.24) is 14.3 Å². The van der Waals surface area contributed by atoms with E-state index in [0.717, 1.165) is 21.5 Å². The van der Waals surface area contributed by atoms with Crippen LogP contribution in [0.1, 0.15) is 6.42 Å². The predicted molar refractivity (Wildman–Crippen MR) is 79.9 cm³/mol. The summed E-state index contributed by atoms with van der Waals surface area (Å²) < 4.78 is 26.7. The van der Waals surface area contributed by atoms with Gasteiger partial charge in [0.25, 0.3) is 5.56 Å². The number of ether oxygens (including phenoxy) is 2. The molecule has 0 radical (unpaired) electrons. The SMILES string of the molecule is Cn1c(=O)cnn(-c2cc(OC3CCOC3)c(Cl)cc2F)c1=O. The van der Waals surface area contributed by atoms with Gasteiger partial charge in [-0.25, -0.2) is 9.18 Å². The van der Waals surface area contributed by atoms with Gasteiger partial charge in [0.2, 0.25) is 0 Å². The van der Waals surface area contributed by atoms with Crippen molar-refractivity contribution in [3.8, 4) is 11.4 Å². The normalized spacial score (nSPS) is 17.4. The number of halogens is 2. The van der Waals surface area contributed by atoms with Gasteiger partial charge in [0.05, 0.1) is 18.2 Å². The Morgan fingerprint density at radius 1 is 1.43 bits per heavy atom. The minimum Gasteiger partial charge on any atom is -0.486 e. The molecule has 1 aromatic carbocycles. The van der Waals surface area contributed by atoms with Gasteiger partial charge in [0, 0.05) is 19.5 Å². The first kappa shape index (κ1) is 15.7. The predicted octanol–water partition coefficient (Wildman–Crippen LogP) is 0.891. The number of aromatic nitrogens is 3. The van der Waals surface area contributed by atoms with Crippen molar-refractivity contribution in [2.45, 2.75) is 12.5 Å². The maximum absolute atomic E-state index is 14.2. The minimum atomic E-state index is -0.770. The van der Waals surface area contributed by atoms with Crippen LogP contribution in [0.3, 0.4) is 0 Å². The van der Waals surface area contributed by atoms with Gasteiger partial charge in [-0.2, -0.15) is 9.78 Å². The van der Waals surface area contributed by atoms with Crippen LogP contribution in [0.25, 0.3) is 5.69 Å². The average molecular weight is 342 g/mol. The third-order valence-corrected chi connectivity index (χ3v) is 3.79. The number of hydrogen-bond donors (Lipinski definition) is 0. The van der Waals surface area contributed by atoms with E-state index in [0.29, 0.717) is 19.6 Å². The number of rotatable bonds is 3. The van der Waals surface area contributed by atoms with E-state index < -0.39 is 17.1 Å². The highest BCUT2D eigenvalue weighted by atomic mass is 35.5. The molecule has 23 heavy (non-hydrogen) atoms. The summed E-state index contributed by atoms with van der Waals surface area (Å²) in [7, 11) is 1.28. The maximum atomic E-state index is 14.2. The molecule has 1 saturated heterocycles. The van der Waals surface area contributed by atoms with Gasteiger partial charge in [-0.05, 0) is 6.07 Å². The molecule has 122 valence electrons. The molecule has 2 heterocycles. The fourth-order valence-corrected chi connectivity index (χ4v) is 2.40. The molecule has 1 aliphatic rings. The molecule has 9 heteroatoms. The molecule has 0 spiro atoms. The van der Waals surface area contributed by atoms with E-state index in [-0.39, 0.29) is 22.6 Å². The standard InChI is InChI=1S/C14H13ClFN3O4/c1-18-13(20)6-17-19(14(18)21)11-5-12(9(15)4-10(11)16)23-8-2-3-22-7-8/h4-6,8H,2-3,7H2,1H3. The van der Waals surface area contributed by atoms with Gasteiger partial charge in [-0.1, -0.05) is 11.6 Å². The van der Waals surface area contributed by atoms with E-state index in [1.165, 1.54) is 13.1 Å². The molecule has 1 fully saturated rings. The van der Waals surface area contributed by atoms with Crippen molar-refractivity contribution in [2.24, 2.45) is 7.05 Å². The second kappa shape index (κ2) is 6.13. The lowest BCUT2D eigenvalue weighted by Gasteiger charge is -2.15. The van der Waals surface area contributed by atoms with Crippen molar-refractivity contribution in [2.75, 3.05) is 13.2 Å². The van der Waals surface area contributed by atoms with Crippen LogP contribution in [0.2, 0.25) is 5.02 Å². The average Bonchev–Trinajstić information content (AvgIpc) is 3.02. The van der Waals surface area contributed by atoms with E-state index >= 15 is 0 Å². The Hall–Kier alpha value is -2.19. The second-order valence-electron chi connectivity index (χ2n) is 5.07. The zero-order valence-electron chi connectivity index (χ0n) is 12.2. The Labute approximate surface area is 134 Å². The first-order chi connectivity index (χ1) is 11.0. The first-order valence-corrected chi connectivity index (χ1v) is 7.24. The summed E-state index contributed by atoms with van der Waals surface area (Å²) in [6, 6.07) is 2.33. The van der Waals surface area contributed by atoms with Gasteiger partial charge in [-0.15, -0.1) is 0 Å². The van der Waals surface area contributed by atoms with Gasteiger partial charge in [0.15, 0.2) is 5.82 Å². The Morgan fingerprint density at radius 3 is 2.91 bits per heavy atom. The van der Waals surface area contributed by atoms with Crippen LogP contribution in [-0.2, 0) is 11.8 Å². The molecule has 1 aliphatic heterocycles. The molecule has 0 amide bonds.